The van der Waals surface area contributed by atoms with Gasteiger partial charge in [-0.3, -0.25) is 9.89 Å². The molecule has 0 aliphatic carbocycles. The van der Waals surface area contributed by atoms with E-state index in [9.17, 15) is 13.6 Å². The van der Waals surface area contributed by atoms with Crippen molar-refractivity contribution in [2.75, 3.05) is 0 Å². The molecule has 0 unspecified atom stereocenters. The van der Waals surface area contributed by atoms with Gasteiger partial charge in [0.1, 0.15) is 11.6 Å². The summed E-state index contributed by atoms with van der Waals surface area (Å²) in [5, 5.41) is 10.7. The first-order valence-corrected chi connectivity index (χ1v) is 10.7. The molecular formula is C27H20F2N4O. The van der Waals surface area contributed by atoms with Gasteiger partial charge in [-0.25, -0.2) is 13.8 Å². The minimum Gasteiger partial charge on any atom is -0.348 e. The summed E-state index contributed by atoms with van der Waals surface area (Å²) in [5.41, 5.74) is 5.36. The van der Waals surface area contributed by atoms with E-state index < -0.39 is 0 Å². The topological polar surface area (TPSA) is 70.7 Å². The monoisotopic (exact) mass is 454 g/mol. The van der Waals surface area contributed by atoms with E-state index in [4.69, 9.17) is 0 Å². The van der Waals surface area contributed by atoms with Gasteiger partial charge in [-0.15, -0.1) is 0 Å². The summed E-state index contributed by atoms with van der Waals surface area (Å²) in [4.78, 5) is 18.0. The van der Waals surface area contributed by atoms with Crippen LogP contribution in [-0.4, -0.2) is 21.1 Å². The van der Waals surface area contributed by atoms with Crippen LogP contribution >= 0.6 is 0 Å². The van der Waals surface area contributed by atoms with E-state index in [0.717, 1.165) is 16.7 Å². The lowest BCUT2D eigenvalue weighted by molar-refractivity contribution is 0.0952. The lowest BCUT2D eigenvalue weighted by Crippen LogP contribution is -2.23. The van der Waals surface area contributed by atoms with Crippen molar-refractivity contribution < 1.29 is 13.6 Å². The second kappa shape index (κ2) is 8.86. The number of carbonyl (C=O) groups is 1. The molecule has 168 valence electrons. The molecule has 5 aromatic rings. The first-order valence-electron chi connectivity index (χ1n) is 10.7. The van der Waals surface area contributed by atoms with Crippen LogP contribution in [0.5, 0.6) is 0 Å². The van der Waals surface area contributed by atoms with Crippen LogP contribution in [0.4, 0.5) is 8.78 Å². The van der Waals surface area contributed by atoms with Crippen molar-refractivity contribution in [3.8, 4) is 22.5 Å². The lowest BCUT2D eigenvalue weighted by atomic mass is 10.0. The number of hydrogen-bond donors (Lipinski definition) is 2. The van der Waals surface area contributed by atoms with E-state index in [0.29, 0.717) is 33.5 Å². The van der Waals surface area contributed by atoms with E-state index in [1.54, 1.807) is 30.3 Å². The molecule has 2 N–H and O–H groups in total. The molecular weight excluding hydrogens is 434 g/mol. The number of halogens is 2. The number of nitrogens with zero attached hydrogens (tertiary/aromatic N) is 2. The SMILES string of the molecule is Cc1ccc(-c2cc(C(=O)NCc3ccc(F)cc3)c3c(-c4ccc(F)cc4)[nH]nc3n2)cc1. The van der Waals surface area contributed by atoms with Gasteiger partial charge >= 0.3 is 0 Å². The van der Waals surface area contributed by atoms with Gasteiger partial charge in [-0.2, -0.15) is 5.10 Å². The fourth-order valence-corrected chi connectivity index (χ4v) is 3.78. The van der Waals surface area contributed by atoms with Gasteiger partial charge in [0.05, 0.1) is 22.3 Å². The second-order valence-electron chi connectivity index (χ2n) is 8.03. The third kappa shape index (κ3) is 4.28. The Bertz CT molecular complexity index is 1470. The quantitative estimate of drug-likeness (QED) is 0.352. The van der Waals surface area contributed by atoms with Crippen LogP contribution in [-0.2, 0) is 6.54 Å². The highest BCUT2D eigenvalue weighted by molar-refractivity contribution is 6.10. The Balaban J connectivity index is 1.60. The van der Waals surface area contributed by atoms with E-state index in [-0.39, 0.29) is 24.1 Å². The average molecular weight is 454 g/mol. The van der Waals surface area contributed by atoms with Crippen molar-refractivity contribution in [2.45, 2.75) is 13.5 Å². The van der Waals surface area contributed by atoms with Gasteiger partial charge in [-0.05, 0) is 55.0 Å². The summed E-state index contributed by atoms with van der Waals surface area (Å²) in [6, 6.07) is 21.5. The lowest BCUT2D eigenvalue weighted by Gasteiger charge is -2.10. The molecule has 3 aromatic carbocycles. The minimum absolute atomic E-state index is 0.229. The van der Waals surface area contributed by atoms with Gasteiger partial charge < -0.3 is 5.32 Å². The Morgan fingerprint density at radius 2 is 1.50 bits per heavy atom. The molecule has 2 heterocycles. The molecule has 0 radical (unpaired) electrons. The molecule has 0 bridgehead atoms. The molecule has 5 nitrogen and oxygen atoms in total. The van der Waals surface area contributed by atoms with Crippen LogP contribution < -0.4 is 5.32 Å². The molecule has 0 fully saturated rings. The number of amides is 1. The number of benzene rings is 3. The third-order valence-electron chi connectivity index (χ3n) is 5.62. The number of rotatable bonds is 5. The molecule has 0 saturated carbocycles. The van der Waals surface area contributed by atoms with Gasteiger partial charge in [0.15, 0.2) is 5.65 Å². The van der Waals surface area contributed by atoms with Crippen LogP contribution in [0.25, 0.3) is 33.5 Å². The summed E-state index contributed by atoms with van der Waals surface area (Å²) in [6.07, 6.45) is 0. The zero-order chi connectivity index (χ0) is 23.7. The first kappa shape index (κ1) is 21.5. The summed E-state index contributed by atoms with van der Waals surface area (Å²) >= 11 is 0. The molecule has 0 spiro atoms. The van der Waals surface area contributed by atoms with Crippen LogP contribution in [0.15, 0.2) is 78.9 Å². The number of hydrogen-bond acceptors (Lipinski definition) is 3. The van der Waals surface area contributed by atoms with Crippen LogP contribution in [0.3, 0.4) is 0 Å². The number of aromatic nitrogens is 3. The average Bonchev–Trinajstić information content (AvgIpc) is 3.28. The maximum atomic E-state index is 13.5. The molecule has 34 heavy (non-hydrogen) atoms. The van der Waals surface area contributed by atoms with E-state index in [1.165, 1.54) is 24.3 Å². The molecule has 0 saturated heterocycles. The highest BCUT2D eigenvalue weighted by Gasteiger charge is 2.20. The number of aryl methyl sites for hydroxylation is 1. The molecule has 5 rings (SSSR count). The van der Waals surface area contributed by atoms with Crippen molar-refractivity contribution in [1.29, 1.82) is 0 Å². The second-order valence-corrected chi connectivity index (χ2v) is 8.03. The summed E-state index contributed by atoms with van der Waals surface area (Å²) in [6.45, 7) is 2.23. The highest BCUT2D eigenvalue weighted by Crippen LogP contribution is 2.31. The largest absolute Gasteiger partial charge is 0.348 e. The van der Waals surface area contributed by atoms with Crippen molar-refractivity contribution in [2.24, 2.45) is 0 Å². The Morgan fingerprint density at radius 3 is 2.18 bits per heavy atom. The molecule has 0 aliphatic rings. The van der Waals surface area contributed by atoms with Crippen molar-refractivity contribution in [3.63, 3.8) is 0 Å². The van der Waals surface area contributed by atoms with Crippen molar-refractivity contribution in [3.05, 3.63) is 107 Å². The molecule has 0 aliphatic heterocycles. The standard InChI is InChI=1S/C27H20F2N4O/c1-16-2-6-18(7-3-16)23-14-22(27(34)30-15-17-4-10-20(28)11-5-17)24-25(32-33-26(24)31-23)19-8-12-21(29)13-9-19/h2-14H,15H2,1H3,(H,30,34)(H,31,32,33). The Morgan fingerprint density at radius 1 is 0.882 bits per heavy atom. The van der Waals surface area contributed by atoms with Crippen LogP contribution in [0, 0.1) is 18.6 Å². The van der Waals surface area contributed by atoms with E-state index in [1.807, 2.05) is 31.2 Å². The highest BCUT2D eigenvalue weighted by atomic mass is 19.1. The van der Waals surface area contributed by atoms with Gasteiger partial charge in [0.25, 0.3) is 5.91 Å². The van der Waals surface area contributed by atoms with Crippen molar-refractivity contribution >= 4 is 16.9 Å². The third-order valence-corrected chi connectivity index (χ3v) is 5.62. The number of pyridine rings is 1. The fraction of sp³-hybridized carbons (Fsp3) is 0.0741. The van der Waals surface area contributed by atoms with Gasteiger partial charge in [0, 0.05) is 17.7 Å². The van der Waals surface area contributed by atoms with E-state index in [2.05, 4.69) is 20.5 Å². The predicted octanol–water partition coefficient (Wildman–Crippen LogP) is 5.81. The molecule has 7 heteroatoms. The number of aromatic amines is 1. The Labute approximate surface area is 194 Å². The van der Waals surface area contributed by atoms with Crippen LogP contribution in [0.2, 0.25) is 0 Å². The van der Waals surface area contributed by atoms with E-state index >= 15 is 0 Å². The fourth-order valence-electron chi connectivity index (χ4n) is 3.78. The normalized spacial score (nSPS) is 11.0. The smallest absolute Gasteiger partial charge is 0.252 e. The summed E-state index contributed by atoms with van der Waals surface area (Å²) in [7, 11) is 0. The zero-order valence-electron chi connectivity index (χ0n) is 18.3. The number of nitrogens with one attached hydrogen (secondary N) is 2. The predicted molar refractivity (Wildman–Crippen MR) is 127 cm³/mol. The summed E-state index contributed by atoms with van der Waals surface area (Å²) < 4.78 is 26.7. The van der Waals surface area contributed by atoms with Crippen molar-refractivity contribution in [1.82, 2.24) is 20.5 Å². The maximum Gasteiger partial charge on any atom is 0.252 e. The van der Waals surface area contributed by atoms with Gasteiger partial charge in [0.2, 0.25) is 0 Å². The van der Waals surface area contributed by atoms with Gasteiger partial charge in [-0.1, -0.05) is 42.0 Å². The summed E-state index contributed by atoms with van der Waals surface area (Å²) in [5.74, 6) is -1.02. The number of fused-ring (bicyclic) bond motifs is 1. The minimum atomic E-state index is -0.357. The zero-order valence-corrected chi connectivity index (χ0v) is 18.3. The maximum absolute atomic E-state index is 13.5. The molecule has 2 aromatic heterocycles. The molecule has 0 atom stereocenters. The Kier molecular flexibility index (Phi) is 5.59. The van der Waals surface area contributed by atoms with Crippen LogP contribution in [0.1, 0.15) is 21.5 Å². The first-order chi connectivity index (χ1) is 16.5. The number of H-pyrrole nitrogens is 1. The number of carbonyl (C=O) groups excluding carboxylic acids is 1. The Hall–Kier alpha value is -4.39. The molecule has 1 amide bonds.